The zero-order valence-corrected chi connectivity index (χ0v) is 16.5. The van der Waals surface area contributed by atoms with Gasteiger partial charge in [-0.15, -0.1) is 0 Å². The van der Waals surface area contributed by atoms with Crippen LogP contribution in [0.3, 0.4) is 0 Å². The second-order valence-corrected chi connectivity index (χ2v) is 9.06. The molecule has 0 aromatic heterocycles. The van der Waals surface area contributed by atoms with E-state index in [4.69, 9.17) is 16.9 Å². The molecular weight excluding hydrogens is 396 g/mol. The van der Waals surface area contributed by atoms with E-state index >= 15 is 0 Å². The molecule has 1 aliphatic heterocycles. The van der Waals surface area contributed by atoms with Gasteiger partial charge < -0.3 is 21.9 Å². The second-order valence-electron chi connectivity index (χ2n) is 6.97. The zero-order valence-electron chi connectivity index (χ0n) is 15.7. The lowest BCUT2D eigenvalue weighted by molar-refractivity contribution is -0.149. The summed E-state index contributed by atoms with van der Waals surface area (Å²) in [5.74, 6) is -3.40. The number of nitrogen functional groups attached to an aromatic ring is 1. The first kappa shape index (κ1) is 20.5. The summed E-state index contributed by atoms with van der Waals surface area (Å²) < 4.78 is 27.8. The Labute approximate surface area is 167 Å². The topological polar surface area (TPSA) is 176 Å². The van der Waals surface area contributed by atoms with Crippen molar-refractivity contribution in [3.8, 4) is 0 Å². The highest BCUT2D eigenvalue weighted by molar-refractivity contribution is 7.92. The SMILES string of the molecule is CC(=O)C(N)(C(=O)O)[C@]1(S(=O)(=O)c2cccc(C)c2)Nc2ccc(C(=N)N)c1c2. The van der Waals surface area contributed by atoms with Crippen LogP contribution in [0.1, 0.15) is 23.6 Å². The van der Waals surface area contributed by atoms with Gasteiger partial charge in [0.15, 0.2) is 5.78 Å². The van der Waals surface area contributed by atoms with Crippen LogP contribution in [0.4, 0.5) is 5.69 Å². The second kappa shape index (κ2) is 6.39. The van der Waals surface area contributed by atoms with Crippen LogP contribution < -0.4 is 16.8 Å². The largest absolute Gasteiger partial charge is 0.479 e. The summed E-state index contributed by atoms with van der Waals surface area (Å²) in [5, 5.41) is 20.4. The van der Waals surface area contributed by atoms with E-state index in [0.717, 1.165) is 6.92 Å². The van der Waals surface area contributed by atoms with Crippen molar-refractivity contribution < 1.29 is 23.1 Å². The Morgan fingerprint density at radius 2 is 1.86 bits per heavy atom. The number of ketones is 1. The first-order chi connectivity index (χ1) is 13.4. The van der Waals surface area contributed by atoms with Crippen molar-refractivity contribution in [1.29, 1.82) is 5.41 Å². The molecule has 10 heteroatoms. The lowest BCUT2D eigenvalue weighted by Gasteiger charge is -2.42. The number of carbonyl (C=O) groups excluding carboxylic acids is 1. The number of hydrogen-bond donors (Lipinski definition) is 5. The number of nitrogens with two attached hydrogens (primary N) is 2. The fourth-order valence-corrected chi connectivity index (χ4v) is 5.98. The number of aryl methyl sites for hydroxylation is 1. The number of nitrogens with one attached hydrogen (secondary N) is 2. The molecule has 0 fully saturated rings. The molecule has 0 radical (unpaired) electrons. The molecule has 0 spiro atoms. The van der Waals surface area contributed by atoms with Crippen molar-refractivity contribution in [2.75, 3.05) is 5.32 Å². The van der Waals surface area contributed by atoms with E-state index in [2.05, 4.69) is 5.32 Å². The minimum absolute atomic E-state index is 0.0349. The van der Waals surface area contributed by atoms with E-state index in [1.807, 2.05) is 0 Å². The molecule has 0 amide bonds. The summed E-state index contributed by atoms with van der Waals surface area (Å²) in [7, 11) is -4.63. The number of carboxylic acid groups (broad SMARTS) is 1. The number of fused-ring (bicyclic) bond motifs is 2. The normalized spacial score (nSPS) is 19.8. The highest BCUT2D eigenvalue weighted by Gasteiger charge is 2.69. The highest BCUT2D eigenvalue weighted by Crippen LogP contribution is 2.50. The lowest BCUT2D eigenvalue weighted by Crippen LogP contribution is -2.72. The monoisotopic (exact) mass is 416 g/mol. The lowest BCUT2D eigenvalue weighted by atomic mass is 9.82. The maximum atomic E-state index is 13.9. The number of benzene rings is 2. The van der Waals surface area contributed by atoms with Gasteiger partial charge in [-0.3, -0.25) is 10.2 Å². The molecule has 0 saturated carbocycles. The van der Waals surface area contributed by atoms with Gasteiger partial charge >= 0.3 is 5.97 Å². The predicted molar refractivity (Wildman–Crippen MR) is 106 cm³/mol. The molecule has 2 aromatic carbocycles. The average molecular weight is 416 g/mol. The number of rotatable bonds is 6. The molecule has 3 rings (SSSR count). The molecule has 2 aromatic rings. The standard InChI is InChI=1S/C19H20N4O5S/c1-10-4-3-5-13(8-10)29(27,28)19(18(22,11(2)24)17(25)26)15-9-12(23-19)6-7-14(15)16(20)21/h3-9,23H,22H2,1-2H3,(H3,20,21)(H,25,26)/t18?,19-/m0/s1. The van der Waals surface area contributed by atoms with Crippen molar-refractivity contribution in [2.24, 2.45) is 11.5 Å². The average Bonchev–Trinajstić information content (AvgIpc) is 2.94. The number of carboxylic acids is 1. The summed E-state index contributed by atoms with van der Waals surface area (Å²) in [6, 6.07) is 9.99. The van der Waals surface area contributed by atoms with Crippen LogP contribution in [0, 0.1) is 12.3 Å². The van der Waals surface area contributed by atoms with Crippen LogP contribution in [-0.4, -0.2) is 36.7 Å². The molecule has 0 aliphatic carbocycles. The Bertz CT molecular complexity index is 1160. The number of hydrogen-bond acceptors (Lipinski definition) is 7. The van der Waals surface area contributed by atoms with Crippen LogP contribution in [0.15, 0.2) is 47.4 Å². The number of Topliss-reactive ketones (excluding diaryl/α,β-unsaturated/α-hetero) is 1. The van der Waals surface area contributed by atoms with Gasteiger partial charge in [-0.25, -0.2) is 13.2 Å². The molecule has 7 N–H and O–H groups in total. The molecule has 9 nitrogen and oxygen atoms in total. The number of aliphatic carboxylic acids is 1. The van der Waals surface area contributed by atoms with E-state index in [1.54, 1.807) is 13.0 Å². The number of anilines is 1. The van der Waals surface area contributed by atoms with Crippen LogP contribution in [0.2, 0.25) is 0 Å². The quantitative estimate of drug-likeness (QED) is 0.259. The van der Waals surface area contributed by atoms with Gasteiger partial charge in [0.2, 0.25) is 20.2 Å². The minimum Gasteiger partial charge on any atom is -0.479 e. The van der Waals surface area contributed by atoms with Crippen LogP contribution in [-0.2, 0) is 24.3 Å². The molecule has 1 heterocycles. The van der Waals surface area contributed by atoms with Crippen molar-refractivity contribution >= 4 is 33.1 Å². The smallest absolute Gasteiger partial charge is 0.335 e. The minimum atomic E-state index is -4.63. The summed E-state index contributed by atoms with van der Waals surface area (Å²) in [6.45, 7) is 2.59. The summed E-state index contributed by atoms with van der Waals surface area (Å²) in [6.07, 6.45) is 0. The van der Waals surface area contributed by atoms with Gasteiger partial charge in [-0.1, -0.05) is 12.1 Å². The Kier molecular flexibility index (Phi) is 4.52. The fourth-order valence-electron chi connectivity index (χ4n) is 3.66. The third kappa shape index (κ3) is 2.56. The summed E-state index contributed by atoms with van der Waals surface area (Å²) in [5.41, 5.74) is 9.47. The third-order valence-electron chi connectivity index (χ3n) is 5.16. The van der Waals surface area contributed by atoms with E-state index in [9.17, 15) is 23.1 Å². The van der Waals surface area contributed by atoms with Crippen LogP contribution in [0.25, 0.3) is 0 Å². The maximum Gasteiger partial charge on any atom is 0.335 e. The van der Waals surface area contributed by atoms with Crippen LogP contribution in [0.5, 0.6) is 0 Å². The van der Waals surface area contributed by atoms with E-state index in [0.29, 0.717) is 5.56 Å². The summed E-state index contributed by atoms with van der Waals surface area (Å²) in [4.78, 5) is 22.0. The van der Waals surface area contributed by atoms with Gasteiger partial charge in [0.25, 0.3) is 0 Å². The maximum absolute atomic E-state index is 13.9. The Hall–Kier alpha value is -3.24. The highest BCUT2D eigenvalue weighted by atomic mass is 32.2. The van der Waals surface area contributed by atoms with Gasteiger partial charge in [-0.2, -0.15) is 0 Å². The summed E-state index contributed by atoms with van der Waals surface area (Å²) >= 11 is 0. The molecule has 1 unspecified atom stereocenters. The van der Waals surface area contributed by atoms with Gasteiger partial charge in [0, 0.05) is 16.8 Å². The molecule has 1 aliphatic rings. The molecule has 2 bridgehead atoms. The van der Waals surface area contributed by atoms with Crippen LogP contribution >= 0.6 is 0 Å². The Morgan fingerprint density at radius 1 is 1.21 bits per heavy atom. The Morgan fingerprint density at radius 3 is 2.38 bits per heavy atom. The number of amidine groups is 1. The first-order valence-corrected chi connectivity index (χ1v) is 9.99. The molecule has 2 atom stereocenters. The van der Waals surface area contributed by atoms with Gasteiger partial charge in [0.05, 0.1) is 4.90 Å². The molecular formula is C19H20N4O5S. The molecule has 29 heavy (non-hydrogen) atoms. The molecule has 0 saturated heterocycles. The first-order valence-electron chi connectivity index (χ1n) is 8.51. The number of sulfone groups is 1. The zero-order chi connectivity index (χ0) is 21.8. The predicted octanol–water partition coefficient (Wildman–Crippen LogP) is 0.702. The third-order valence-corrected chi connectivity index (χ3v) is 7.48. The van der Waals surface area contributed by atoms with Crippen molar-refractivity contribution in [2.45, 2.75) is 29.2 Å². The van der Waals surface area contributed by atoms with E-state index < -0.39 is 37.8 Å². The molecule has 152 valence electrons. The van der Waals surface area contributed by atoms with Gasteiger partial charge in [-0.05, 0) is 49.7 Å². The fraction of sp³-hybridized carbons (Fsp3) is 0.211. The van der Waals surface area contributed by atoms with Gasteiger partial charge in [0.1, 0.15) is 5.84 Å². The Balaban J connectivity index is 2.51. The van der Waals surface area contributed by atoms with Crippen molar-refractivity contribution in [3.05, 3.63) is 59.2 Å². The van der Waals surface area contributed by atoms with E-state index in [-0.39, 0.29) is 21.7 Å². The number of carbonyl (C=O) groups is 2. The van der Waals surface area contributed by atoms with E-state index in [1.165, 1.54) is 36.4 Å². The van der Waals surface area contributed by atoms with Crippen molar-refractivity contribution in [3.63, 3.8) is 0 Å². The van der Waals surface area contributed by atoms with Crippen molar-refractivity contribution in [1.82, 2.24) is 0 Å².